The van der Waals surface area contributed by atoms with Crippen LogP contribution in [-0.2, 0) is 63.3 Å². The second-order valence-corrected chi connectivity index (χ2v) is 35.0. The van der Waals surface area contributed by atoms with Crippen LogP contribution in [0.4, 0.5) is 0 Å². The first-order chi connectivity index (χ1) is 21.6. The van der Waals surface area contributed by atoms with Crippen molar-refractivity contribution in [1.29, 1.82) is 0 Å². The number of carbonyl (C=O) groups excluding carboxylic acids is 2. The molecule has 53 heavy (non-hydrogen) atoms. The molecule has 0 spiro atoms. The lowest BCUT2D eigenvalue weighted by Crippen LogP contribution is -2.53. The molecule has 0 aliphatic rings. The SMILES string of the molecule is C.C.C.C.C.C.C=C(C)C(=O)Oc1ccc([P+]([O-])=S=S)cc1.CC(C[Si](C)(O[Si](C)O[Si](C)(C)C)O[Si](C)(C)C)C(=O)Oc1ccc([P+]([O-])=S=S)cc1. The van der Waals surface area contributed by atoms with E-state index in [0.29, 0.717) is 33.7 Å². The molecule has 0 N–H and O–H groups in total. The summed E-state index contributed by atoms with van der Waals surface area (Å²) < 4.78 is 29.6. The first-order valence-corrected chi connectivity index (χ1v) is 32.7. The van der Waals surface area contributed by atoms with Gasteiger partial charge in [0.15, 0.2) is 41.1 Å². The molecule has 307 valence electrons. The van der Waals surface area contributed by atoms with E-state index in [1.807, 2.05) is 20.0 Å². The first-order valence-electron chi connectivity index (χ1n) is 14.3. The van der Waals surface area contributed by atoms with Crippen LogP contribution in [0.25, 0.3) is 0 Å². The summed E-state index contributed by atoms with van der Waals surface area (Å²) >= 11 is 9.40. The average molecular weight is 922 g/mol. The number of rotatable bonds is 14. The van der Waals surface area contributed by atoms with Crippen molar-refractivity contribution < 1.29 is 41.2 Å². The molecule has 4 unspecified atom stereocenters. The van der Waals surface area contributed by atoms with Gasteiger partial charge in [-0.3, -0.25) is 4.79 Å². The van der Waals surface area contributed by atoms with Crippen molar-refractivity contribution in [2.24, 2.45) is 5.92 Å². The molecule has 0 aromatic heterocycles. The van der Waals surface area contributed by atoms with Crippen LogP contribution in [-0.4, -0.2) is 46.4 Å². The Morgan fingerprint density at radius 3 is 1.45 bits per heavy atom. The Balaban J connectivity index is -0.000000216. The average Bonchev–Trinajstić information content (AvgIpc) is 2.95. The Morgan fingerprint density at radius 1 is 0.755 bits per heavy atom. The van der Waals surface area contributed by atoms with E-state index in [1.165, 1.54) is 0 Å². The molecule has 2 aromatic rings. The lowest BCUT2D eigenvalue weighted by Gasteiger charge is -2.37. The Bertz CT molecular complexity index is 1510. The number of esters is 2. The number of hydrogen-bond donors (Lipinski definition) is 0. The summed E-state index contributed by atoms with van der Waals surface area (Å²) in [6.45, 7) is 20.4. The minimum atomic E-state index is -2.67. The van der Waals surface area contributed by atoms with Crippen LogP contribution >= 0.6 is 13.8 Å². The van der Waals surface area contributed by atoms with Gasteiger partial charge in [0, 0.05) is 34.0 Å². The van der Waals surface area contributed by atoms with Crippen LogP contribution in [0, 0.1) is 5.92 Å². The molecule has 9 nitrogen and oxygen atoms in total. The minimum Gasteiger partial charge on any atom is -0.615 e. The van der Waals surface area contributed by atoms with E-state index in [0.717, 1.165) is 19.0 Å². The van der Waals surface area contributed by atoms with Crippen LogP contribution in [0.1, 0.15) is 58.4 Å². The molecular formula is C34H67O9P2S4Si4. The molecule has 0 heterocycles. The smallest absolute Gasteiger partial charge is 0.360 e. The zero-order valence-electron chi connectivity index (χ0n) is 28.3. The minimum absolute atomic E-state index is 0. The van der Waals surface area contributed by atoms with Crippen LogP contribution in [0.15, 0.2) is 60.7 Å². The molecule has 0 bridgehead atoms. The van der Waals surface area contributed by atoms with Gasteiger partial charge in [0.25, 0.3) is 0 Å². The number of ether oxygens (including phenoxy) is 2. The Kier molecular flexibility index (Phi) is 35.7. The molecule has 2 rings (SSSR count). The highest BCUT2D eigenvalue weighted by Crippen LogP contribution is 2.27. The van der Waals surface area contributed by atoms with Crippen molar-refractivity contribution in [3.63, 3.8) is 0 Å². The second-order valence-electron chi connectivity index (χ2n) is 12.5. The van der Waals surface area contributed by atoms with Gasteiger partial charge < -0.3 is 31.6 Å². The van der Waals surface area contributed by atoms with Gasteiger partial charge >= 0.3 is 29.8 Å². The van der Waals surface area contributed by atoms with E-state index in [1.54, 1.807) is 55.5 Å². The molecule has 4 atom stereocenters. The molecule has 19 heteroatoms. The van der Waals surface area contributed by atoms with Crippen LogP contribution in [0.5, 0.6) is 11.5 Å². The van der Waals surface area contributed by atoms with E-state index in [-0.39, 0.29) is 50.5 Å². The van der Waals surface area contributed by atoms with Crippen molar-refractivity contribution in [2.75, 3.05) is 0 Å². The maximum absolute atomic E-state index is 12.8. The maximum atomic E-state index is 12.8. The molecule has 0 aliphatic heterocycles. The largest absolute Gasteiger partial charge is 0.615 e. The fraction of sp³-hybridized carbons (Fsp3) is 0.529. The fourth-order valence-electron chi connectivity index (χ4n) is 3.92. The summed E-state index contributed by atoms with van der Waals surface area (Å²) in [6.07, 6.45) is 0. The van der Waals surface area contributed by atoms with Gasteiger partial charge in [-0.1, -0.05) is 58.1 Å². The second kappa shape index (κ2) is 29.5. The van der Waals surface area contributed by atoms with E-state index in [2.05, 4.69) is 57.0 Å². The van der Waals surface area contributed by atoms with Crippen molar-refractivity contribution in [1.82, 2.24) is 0 Å². The van der Waals surface area contributed by atoms with Crippen LogP contribution in [0.2, 0.25) is 58.4 Å². The predicted octanol–water partition coefficient (Wildman–Crippen LogP) is 8.81. The standard InChI is InChI=1S/C18H34O6PS2Si4.C10H9O3PS2.6CH4/c1-15(18(19)21-16-10-12-17(13-11-16)25(20)27-26)14-31(9,24-30(6,7)8)23-28(2)22-29(3,4)5;1-7(2)10(11)13-8-3-5-9(6-4-8)14(12)16-15;;;;;;/h10-13,15H,14H2,1-9H3;3-6H,1H2,2H3;6*1H4. The number of benzene rings is 2. The van der Waals surface area contributed by atoms with E-state index >= 15 is 0 Å². The summed E-state index contributed by atoms with van der Waals surface area (Å²) in [5.41, 5.74) is 0.330. The normalized spacial score (nSPS) is 12.5. The first kappa shape index (κ1) is 64.2. The molecule has 0 amide bonds. The number of hydrogen-bond acceptors (Lipinski definition) is 11. The Morgan fingerprint density at radius 2 is 1.13 bits per heavy atom. The lowest BCUT2D eigenvalue weighted by molar-refractivity contribution is -0.149. The highest BCUT2D eigenvalue weighted by Gasteiger charge is 2.42. The van der Waals surface area contributed by atoms with Crippen molar-refractivity contribution in [3.8, 4) is 11.5 Å². The van der Waals surface area contributed by atoms with Crippen molar-refractivity contribution in [2.45, 2.75) is 117 Å². The summed E-state index contributed by atoms with van der Waals surface area (Å²) in [5, 5.41) is 1.25. The zero-order valence-corrected chi connectivity index (χ0v) is 37.4. The Hall–Kier alpha value is -0.732. The molecular weight excluding hydrogens is 855 g/mol. The zero-order chi connectivity index (χ0) is 36.2. The molecule has 0 saturated carbocycles. The van der Waals surface area contributed by atoms with Gasteiger partial charge in [0.2, 0.25) is 0 Å². The van der Waals surface area contributed by atoms with Gasteiger partial charge in [-0.25, -0.2) is 4.79 Å². The number of carbonyl (C=O) groups is 2. The summed E-state index contributed by atoms with van der Waals surface area (Å²) in [7, 11) is -6.03. The predicted molar refractivity (Wildman–Crippen MR) is 249 cm³/mol. The highest BCUT2D eigenvalue weighted by atomic mass is 32.9. The summed E-state index contributed by atoms with van der Waals surface area (Å²) in [5.74, 6) is -0.401. The summed E-state index contributed by atoms with van der Waals surface area (Å²) in [6, 6.07) is 13.5. The van der Waals surface area contributed by atoms with Gasteiger partial charge in [0.05, 0.1) is 5.92 Å². The molecule has 0 fully saturated rings. The molecule has 0 aliphatic carbocycles. The topological polar surface area (TPSA) is 126 Å². The third kappa shape index (κ3) is 26.7. The van der Waals surface area contributed by atoms with Crippen molar-refractivity contribution in [3.05, 3.63) is 60.7 Å². The molecule has 1 radical (unpaired) electrons. The highest BCUT2D eigenvalue weighted by molar-refractivity contribution is 8.35. The van der Waals surface area contributed by atoms with Gasteiger partial charge in [-0.15, -0.1) is 0 Å². The summed E-state index contributed by atoms with van der Waals surface area (Å²) in [4.78, 5) is 47.1. The molecule has 2 aromatic carbocycles. The van der Waals surface area contributed by atoms with Gasteiger partial charge in [-0.2, -0.15) is 0 Å². The van der Waals surface area contributed by atoms with Crippen LogP contribution in [0.3, 0.4) is 0 Å². The maximum Gasteiger partial charge on any atom is 0.360 e. The van der Waals surface area contributed by atoms with Gasteiger partial charge in [0.1, 0.15) is 30.5 Å². The lowest BCUT2D eigenvalue weighted by atomic mass is 10.2. The monoisotopic (exact) mass is 921 g/mol. The van der Waals surface area contributed by atoms with Crippen LogP contribution < -0.4 is 29.9 Å². The fourth-order valence-corrected chi connectivity index (χ4v) is 21.8. The van der Waals surface area contributed by atoms with Crippen molar-refractivity contribution >= 4 is 112 Å². The quantitative estimate of drug-likeness (QED) is 0.0594. The third-order valence-corrected chi connectivity index (χ3v) is 23.7. The Labute approximate surface area is 346 Å². The van der Waals surface area contributed by atoms with E-state index in [9.17, 15) is 19.4 Å². The van der Waals surface area contributed by atoms with E-state index < -0.39 is 60.2 Å². The third-order valence-electron chi connectivity index (χ3n) is 5.42. The van der Waals surface area contributed by atoms with E-state index in [4.69, 9.17) is 33.0 Å². The van der Waals surface area contributed by atoms with Gasteiger partial charge in [-0.05, 0) is 108 Å². The molecule has 0 saturated heterocycles.